The maximum absolute atomic E-state index is 12.3. The molecule has 0 aliphatic rings. The zero-order chi connectivity index (χ0) is 21.4. The van der Waals surface area contributed by atoms with E-state index in [0.717, 1.165) is 5.56 Å². The van der Waals surface area contributed by atoms with Crippen molar-refractivity contribution in [1.82, 2.24) is 5.32 Å². The molecule has 2 rings (SSSR count). The van der Waals surface area contributed by atoms with Crippen LogP contribution in [-0.4, -0.2) is 23.9 Å². The van der Waals surface area contributed by atoms with Gasteiger partial charge in [-0.05, 0) is 36.1 Å². The van der Waals surface area contributed by atoms with E-state index < -0.39 is 24.0 Å². The van der Waals surface area contributed by atoms with Crippen molar-refractivity contribution in [2.75, 3.05) is 5.32 Å². The van der Waals surface area contributed by atoms with Crippen LogP contribution in [0.15, 0.2) is 54.6 Å². The maximum atomic E-state index is 12.3. The lowest BCUT2D eigenvalue weighted by Gasteiger charge is -2.19. The van der Waals surface area contributed by atoms with E-state index in [2.05, 4.69) is 24.5 Å². The molecule has 2 aromatic carbocycles. The summed E-state index contributed by atoms with van der Waals surface area (Å²) in [7, 11) is 0. The Bertz CT molecular complexity index is 832. The van der Waals surface area contributed by atoms with Crippen LogP contribution in [0, 0.1) is 0 Å². The molecule has 2 N–H and O–H groups in total. The molecule has 0 saturated heterocycles. The van der Waals surface area contributed by atoms with Crippen LogP contribution in [-0.2, 0) is 19.1 Å². The monoisotopic (exact) mass is 396 g/mol. The third kappa shape index (κ3) is 7.07. The summed E-state index contributed by atoms with van der Waals surface area (Å²) in [4.78, 5) is 36.2. The van der Waals surface area contributed by atoms with Gasteiger partial charge < -0.3 is 15.4 Å². The van der Waals surface area contributed by atoms with Crippen molar-refractivity contribution in [1.29, 1.82) is 0 Å². The van der Waals surface area contributed by atoms with Gasteiger partial charge in [0.15, 0.2) is 6.10 Å². The molecule has 0 saturated carbocycles. The number of carbonyl (C=O) groups is 3. The van der Waals surface area contributed by atoms with Crippen molar-refractivity contribution in [3.8, 4) is 0 Å². The van der Waals surface area contributed by atoms with Gasteiger partial charge in [0.2, 0.25) is 5.91 Å². The Kier molecular flexibility index (Phi) is 7.95. The van der Waals surface area contributed by atoms with Crippen molar-refractivity contribution >= 4 is 23.5 Å². The van der Waals surface area contributed by atoms with Gasteiger partial charge in [-0.25, -0.2) is 0 Å². The molecule has 0 spiro atoms. The number of carbonyl (C=O) groups excluding carboxylic acids is 3. The molecule has 2 amide bonds. The van der Waals surface area contributed by atoms with Gasteiger partial charge in [0.25, 0.3) is 5.91 Å². The topological polar surface area (TPSA) is 84.5 Å². The van der Waals surface area contributed by atoms with Crippen molar-refractivity contribution < 1.29 is 19.1 Å². The second kappa shape index (κ2) is 10.4. The van der Waals surface area contributed by atoms with Crippen LogP contribution in [0.1, 0.15) is 57.2 Å². The molecule has 2 aromatic rings. The Hall–Kier alpha value is -3.15. The van der Waals surface area contributed by atoms with Gasteiger partial charge in [-0.1, -0.05) is 56.3 Å². The Balaban J connectivity index is 1.93. The summed E-state index contributed by atoms with van der Waals surface area (Å²) in [6, 6.07) is 16.2. The molecular formula is C23H28N2O4. The van der Waals surface area contributed by atoms with E-state index in [-0.39, 0.29) is 12.3 Å². The lowest BCUT2D eigenvalue weighted by Crippen LogP contribution is -2.33. The first-order chi connectivity index (χ1) is 13.8. The van der Waals surface area contributed by atoms with Crippen molar-refractivity contribution in [3.05, 3.63) is 65.7 Å². The molecule has 0 aliphatic heterocycles. The summed E-state index contributed by atoms with van der Waals surface area (Å²) < 4.78 is 5.28. The van der Waals surface area contributed by atoms with Crippen LogP contribution in [0.5, 0.6) is 0 Å². The molecule has 0 unspecified atom stereocenters. The van der Waals surface area contributed by atoms with E-state index in [1.165, 1.54) is 19.4 Å². The minimum absolute atomic E-state index is 0.0652. The van der Waals surface area contributed by atoms with Crippen LogP contribution >= 0.6 is 0 Å². The average Bonchev–Trinajstić information content (AvgIpc) is 2.68. The zero-order valence-corrected chi connectivity index (χ0v) is 17.3. The van der Waals surface area contributed by atoms with Crippen LogP contribution in [0.4, 0.5) is 5.69 Å². The van der Waals surface area contributed by atoms with E-state index in [0.29, 0.717) is 11.6 Å². The molecule has 0 radical (unpaired) electrons. The van der Waals surface area contributed by atoms with E-state index in [1.807, 2.05) is 54.6 Å². The first kappa shape index (κ1) is 22.1. The number of esters is 1. The highest BCUT2D eigenvalue weighted by Crippen LogP contribution is 2.19. The molecular weight excluding hydrogens is 368 g/mol. The number of benzene rings is 2. The highest BCUT2D eigenvalue weighted by Gasteiger charge is 2.22. The Labute approximate surface area is 171 Å². The molecule has 6 heteroatoms. The highest BCUT2D eigenvalue weighted by molar-refractivity contribution is 5.95. The molecule has 0 aliphatic carbocycles. The zero-order valence-electron chi connectivity index (χ0n) is 17.3. The van der Waals surface area contributed by atoms with Crippen LogP contribution in [0.2, 0.25) is 0 Å². The summed E-state index contributed by atoms with van der Waals surface area (Å²) in [5, 5.41) is 5.49. The van der Waals surface area contributed by atoms with E-state index in [4.69, 9.17) is 4.74 Å². The molecule has 0 heterocycles. The quantitative estimate of drug-likeness (QED) is 0.662. The molecule has 2 atom stereocenters. The Morgan fingerprint density at radius 3 is 2.07 bits per heavy atom. The molecule has 29 heavy (non-hydrogen) atoms. The molecule has 6 nitrogen and oxygen atoms in total. The number of rotatable bonds is 8. The summed E-state index contributed by atoms with van der Waals surface area (Å²) in [6.07, 6.45) is -1.02. The third-order valence-corrected chi connectivity index (χ3v) is 4.47. The van der Waals surface area contributed by atoms with E-state index in [9.17, 15) is 14.4 Å². The number of nitrogens with one attached hydrogen (secondary N) is 2. The van der Waals surface area contributed by atoms with Gasteiger partial charge in [-0.3, -0.25) is 14.4 Å². The lowest BCUT2D eigenvalue weighted by molar-refractivity contribution is -0.153. The molecule has 0 aromatic heterocycles. The number of amides is 2. The Morgan fingerprint density at radius 1 is 0.897 bits per heavy atom. The molecule has 154 valence electrons. The van der Waals surface area contributed by atoms with Gasteiger partial charge in [-0.2, -0.15) is 0 Å². The van der Waals surface area contributed by atoms with Gasteiger partial charge in [0.1, 0.15) is 0 Å². The summed E-state index contributed by atoms with van der Waals surface area (Å²) in [5.41, 5.74) is 2.61. The van der Waals surface area contributed by atoms with E-state index >= 15 is 0 Å². The van der Waals surface area contributed by atoms with Gasteiger partial charge in [-0.15, -0.1) is 0 Å². The van der Waals surface area contributed by atoms with Crippen molar-refractivity contribution in [2.45, 2.75) is 52.2 Å². The number of anilines is 1. The SMILES string of the molecule is CC(=O)N[C@H](CC(=O)O[C@H](C)C(=O)Nc1ccc(C(C)C)cc1)c1ccccc1. The minimum Gasteiger partial charge on any atom is -0.452 e. The first-order valence-corrected chi connectivity index (χ1v) is 9.68. The van der Waals surface area contributed by atoms with E-state index in [1.54, 1.807) is 0 Å². The maximum Gasteiger partial charge on any atom is 0.309 e. The predicted molar refractivity (Wildman–Crippen MR) is 112 cm³/mol. The fourth-order valence-corrected chi connectivity index (χ4v) is 2.84. The summed E-state index contributed by atoms with van der Waals surface area (Å²) in [5.74, 6) is -0.820. The fourth-order valence-electron chi connectivity index (χ4n) is 2.84. The number of hydrogen-bond acceptors (Lipinski definition) is 4. The number of hydrogen-bond donors (Lipinski definition) is 2. The normalized spacial score (nSPS) is 12.7. The third-order valence-electron chi connectivity index (χ3n) is 4.47. The van der Waals surface area contributed by atoms with Crippen LogP contribution in [0.3, 0.4) is 0 Å². The minimum atomic E-state index is -0.957. The average molecular weight is 396 g/mol. The lowest BCUT2D eigenvalue weighted by atomic mass is 10.0. The number of ether oxygens (including phenoxy) is 1. The summed E-state index contributed by atoms with van der Waals surface area (Å²) >= 11 is 0. The van der Waals surface area contributed by atoms with Crippen LogP contribution < -0.4 is 10.6 Å². The van der Waals surface area contributed by atoms with Gasteiger partial charge in [0.05, 0.1) is 12.5 Å². The summed E-state index contributed by atoms with van der Waals surface area (Å²) in [6.45, 7) is 7.10. The highest BCUT2D eigenvalue weighted by atomic mass is 16.5. The standard InChI is InChI=1S/C23H28N2O4/c1-15(2)18-10-12-20(13-11-18)25-23(28)16(3)29-22(27)14-21(24-17(4)26)19-8-6-5-7-9-19/h5-13,15-16,21H,14H2,1-4H3,(H,24,26)(H,25,28)/t16-,21-/m1/s1. The first-order valence-electron chi connectivity index (χ1n) is 9.68. The van der Waals surface area contributed by atoms with Gasteiger partial charge >= 0.3 is 5.97 Å². The van der Waals surface area contributed by atoms with Gasteiger partial charge in [0, 0.05) is 12.6 Å². The van der Waals surface area contributed by atoms with Crippen molar-refractivity contribution in [3.63, 3.8) is 0 Å². The largest absolute Gasteiger partial charge is 0.452 e. The fraction of sp³-hybridized carbons (Fsp3) is 0.348. The predicted octanol–water partition coefficient (Wildman–Crippen LogP) is 3.95. The second-order valence-electron chi connectivity index (χ2n) is 7.27. The van der Waals surface area contributed by atoms with Crippen LogP contribution in [0.25, 0.3) is 0 Å². The second-order valence-corrected chi connectivity index (χ2v) is 7.27. The molecule has 0 fully saturated rings. The van der Waals surface area contributed by atoms with Crippen molar-refractivity contribution in [2.24, 2.45) is 0 Å². The molecule has 0 bridgehead atoms. The Morgan fingerprint density at radius 2 is 1.52 bits per heavy atom. The smallest absolute Gasteiger partial charge is 0.309 e.